The number of hydrogen-bond donors (Lipinski definition) is 2. The molecule has 3 fully saturated rings. The van der Waals surface area contributed by atoms with E-state index in [1.54, 1.807) is 0 Å². The molecule has 2 N–H and O–H groups in total. The number of fused-ring (bicyclic) bond motifs is 2. The zero-order valence-electron chi connectivity index (χ0n) is 17.0. The van der Waals surface area contributed by atoms with Gasteiger partial charge < -0.3 is 29.2 Å². The van der Waals surface area contributed by atoms with Crippen LogP contribution in [0.5, 0.6) is 6.01 Å². The quantitative estimate of drug-likeness (QED) is 0.646. The Morgan fingerprint density at radius 2 is 1.84 bits per heavy atom. The van der Waals surface area contributed by atoms with Crippen molar-refractivity contribution in [3.05, 3.63) is 41.4 Å². The maximum absolute atomic E-state index is 9.90. The maximum Gasteiger partial charge on any atom is 0.295 e. The maximum atomic E-state index is 9.90. The van der Waals surface area contributed by atoms with Crippen molar-refractivity contribution in [3.8, 4) is 17.1 Å². The zero-order chi connectivity index (χ0) is 20.9. The average molecular weight is 442 g/mol. The number of aliphatic hydroxyl groups is 1. The summed E-state index contributed by atoms with van der Waals surface area (Å²) in [4.78, 5) is 10.2. The number of anilines is 1. The molecule has 0 spiro atoms. The molecule has 0 saturated carbocycles. The third kappa shape index (κ3) is 3.46. The van der Waals surface area contributed by atoms with Crippen molar-refractivity contribution in [3.63, 3.8) is 0 Å². The van der Waals surface area contributed by atoms with Crippen LogP contribution in [-0.2, 0) is 9.47 Å². The zero-order valence-corrected chi connectivity index (χ0v) is 17.7. The van der Waals surface area contributed by atoms with Gasteiger partial charge >= 0.3 is 0 Å². The topological polar surface area (TPSA) is 79.8 Å². The summed E-state index contributed by atoms with van der Waals surface area (Å²) >= 11 is 6.61. The molecule has 0 bridgehead atoms. The van der Waals surface area contributed by atoms with Gasteiger partial charge in [-0.3, -0.25) is 0 Å². The lowest BCUT2D eigenvalue weighted by Gasteiger charge is -2.17. The summed E-state index contributed by atoms with van der Waals surface area (Å²) in [7, 11) is 0. The molecule has 162 valence electrons. The van der Waals surface area contributed by atoms with E-state index in [0.717, 1.165) is 35.2 Å². The molecule has 3 aliphatic rings. The molecule has 4 atom stereocenters. The molecule has 2 aromatic carbocycles. The predicted molar refractivity (Wildman–Crippen MR) is 118 cm³/mol. The second-order valence-corrected chi connectivity index (χ2v) is 8.86. The third-order valence-electron chi connectivity index (χ3n) is 6.44. The first-order valence-electron chi connectivity index (χ1n) is 10.8. The van der Waals surface area contributed by atoms with Gasteiger partial charge in [-0.15, -0.1) is 0 Å². The fraction of sp³-hybridized carbons (Fsp3) is 0.435. The Labute approximate surface area is 184 Å². The van der Waals surface area contributed by atoms with Crippen LogP contribution < -0.4 is 9.64 Å². The molecule has 6 rings (SSSR count). The lowest BCUT2D eigenvalue weighted by molar-refractivity contribution is 0.00706. The Balaban J connectivity index is 1.24. The summed E-state index contributed by atoms with van der Waals surface area (Å²) in [6.07, 6.45) is 0.989. The van der Waals surface area contributed by atoms with Crippen molar-refractivity contribution in [1.82, 2.24) is 9.97 Å². The summed E-state index contributed by atoms with van der Waals surface area (Å²) in [6.45, 7) is 2.88. The summed E-state index contributed by atoms with van der Waals surface area (Å²) in [6, 6.07) is 12.8. The minimum absolute atomic E-state index is 0.269. The largest absolute Gasteiger partial charge is 0.456 e. The SMILES string of the molecule is O[C@@H]1COC2C1OC[C@H]2Oc1nc2cc(-c3ccc(N4CCCC4)cc3)c(Cl)cc2[nH]1. The van der Waals surface area contributed by atoms with Crippen LogP contribution >= 0.6 is 11.6 Å². The van der Waals surface area contributed by atoms with Crippen LogP contribution in [0.2, 0.25) is 5.02 Å². The molecule has 2 unspecified atom stereocenters. The van der Waals surface area contributed by atoms with Gasteiger partial charge in [-0.25, -0.2) is 0 Å². The second kappa shape index (κ2) is 7.67. The minimum Gasteiger partial charge on any atom is -0.456 e. The number of rotatable bonds is 4. The second-order valence-electron chi connectivity index (χ2n) is 8.45. The van der Waals surface area contributed by atoms with E-state index in [2.05, 4.69) is 39.1 Å². The Hall–Kier alpha value is -2.32. The van der Waals surface area contributed by atoms with Crippen LogP contribution in [0, 0.1) is 0 Å². The van der Waals surface area contributed by atoms with Gasteiger partial charge in [0.2, 0.25) is 0 Å². The fourth-order valence-electron chi connectivity index (χ4n) is 4.80. The van der Waals surface area contributed by atoms with E-state index < -0.39 is 6.10 Å². The molecule has 31 heavy (non-hydrogen) atoms. The summed E-state index contributed by atoms with van der Waals surface area (Å²) in [5.74, 6) is 0. The first-order valence-corrected chi connectivity index (χ1v) is 11.2. The molecule has 3 aromatic rings. The van der Waals surface area contributed by atoms with Crippen molar-refractivity contribution in [1.29, 1.82) is 0 Å². The molecule has 0 aliphatic carbocycles. The van der Waals surface area contributed by atoms with Crippen molar-refractivity contribution in [2.75, 3.05) is 31.2 Å². The van der Waals surface area contributed by atoms with Crippen LogP contribution in [0.25, 0.3) is 22.2 Å². The third-order valence-corrected chi connectivity index (χ3v) is 6.76. The Bertz CT molecular complexity index is 1100. The molecular weight excluding hydrogens is 418 g/mol. The lowest BCUT2D eigenvalue weighted by Crippen LogP contribution is -2.34. The molecular formula is C23H24ClN3O4. The van der Waals surface area contributed by atoms with Gasteiger partial charge in [0.1, 0.15) is 18.3 Å². The van der Waals surface area contributed by atoms with Crippen LogP contribution in [-0.4, -0.2) is 65.8 Å². The number of aromatic amines is 1. The van der Waals surface area contributed by atoms with Crippen LogP contribution in [0.15, 0.2) is 36.4 Å². The molecule has 3 saturated heterocycles. The van der Waals surface area contributed by atoms with Gasteiger partial charge in [-0.05, 0) is 42.7 Å². The summed E-state index contributed by atoms with van der Waals surface area (Å²) in [5, 5.41) is 10.6. The average Bonchev–Trinajstić information content (AvgIpc) is 3.55. The summed E-state index contributed by atoms with van der Waals surface area (Å²) in [5.41, 5.74) is 4.83. The number of H-pyrrole nitrogens is 1. The van der Waals surface area contributed by atoms with Crippen LogP contribution in [0.3, 0.4) is 0 Å². The normalized spacial score (nSPS) is 27.9. The van der Waals surface area contributed by atoms with E-state index in [-0.39, 0.29) is 24.9 Å². The standard InChI is InChI=1S/C23H24ClN3O4/c24-16-10-18-17(9-15(16)13-3-5-14(6-4-13)27-7-1-2-8-27)25-23(26-18)31-20-12-30-21-19(28)11-29-22(20)21/h3-6,9-10,19-22,28H,1-2,7-8,11-12H2,(H,25,26)/t19-,20-,21?,22?/m1/s1. The lowest BCUT2D eigenvalue weighted by atomic mass is 10.0. The fourth-order valence-corrected chi connectivity index (χ4v) is 5.07. The number of hydrogen-bond acceptors (Lipinski definition) is 6. The van der Waals surface area contributed by atoms with Crippen molar-refractivity contribution in [2.24, 2.45) is 0 Å². The molecule has 7 nitrogen and oxygen atoms in total. The van der Waals surface area contributed by atoms with E-state index in [1.165, 1.54) is 18.5 Å². The molecule has 1 aromatic heterocycles. The number of halogens is 1. The van der Waals surface area contributed by atoms with E-state index in [9.17, 15) is 5.11 Å². The molecule has 3 aliphatic heterocycles. The minimum atomic E-state index is -0.604. The number of ether oxygens (including phenoxy) is 3. The van der Waals surface area contributed by atoms with Crippen molar-refractivity contribution in [2.45, 2.75) is 37.3 Å². The van der Waals surface area contributed by atoms with Crippen LogP contribution in [0.1, 0.15) is 12.8 Å². The van der Waals surface area contributed by atoms with Gasteiger partial charge in [0.25, 0.3) is 6.01 Å². The van der Waals surface area contributed by atoms with E-state index in [0.29, 0.717) is 17.6 Å². The first kappa shape index (κ1) is 19.4. The number of aliphatic hydroxyl groups excluding tert-OH is 1. The number of benzene rings is 2. The highest BCUT2D eigenvalue weighted by atomic mass is 35.5. The highest BCUT2D eigenvalue weighted by Gasteiger charge is 2.48. The molecule has 0 radical (unpaired) electrons. The smallest absolute Gasteiger partial charge is 0.295 e. The Morgan fingerprint density at radius 1 is 1.06 bits per heavy atom. The number of imidazole rings is 1. The predicted octanol–water partition coefficient (Wildman–Crippen LogP) is 3.39. The Kier molecular flexibility index (Phi) is 4.79. The van der Waals surface area contributed by atoms with Crippen LogP contribution in [0.4, 0.5) is 5.69 Å². The van der Waals surface area contributed by atoms with Gasteiger partial charge in [0.05, 0.1) is 29.3 Å². The molecule has 4 heterocycles. The number of aromatic nitrogens is 2. The summed E-state index contributed by atoms with van der Waals surface area (Å²) < 4.78 is 17.3. The van der Waals surface area contributed by atoms with Gasteiger partial charge in [-0.2, -0.15) is 4.98 Å². The molecule has 8 heteroatoms. The van der Waals surface area contributed by atoms with Crippen molar-refractivity contribution >= 4 is 28.3 Å². The number of nitrogens with zero attached hydrogens (tertiary/aromatic N) is 2. The van der Waals surface area contributed by atoms with Crippen molar-refractivity contribution < 1.29 is 19.3 Å². The number of nitrogens with one attached hydrogen (secondary N) is 1. The van der Waals surface area contributed by atoms with E-state index >= 15 is 0 Å². The van der Waals surface area contributed by atoms with Gasteiger partial charge in [0, 0.05) is 24.3 Å². The van der Waals surface area contributed by atoms with Gasteiger partial charge in [-0.1, -0.05) is 23.7 Å². The van der Waals surface area contributed by atoms with E-state index in [4.69, 9.17) is 25.8 Å². The Morgan fingerprint density at radius 3 is 2.65 bits per heavy atom. The molecule has 0 amide bonds. The first-order chi connectivity index (χ1) is 15.2. The van der Waals surface area contributed by atoms with E-state index in [1.807, 2.05) is 12.1 Å². The highest BCUT2D eigenvalue weighted by molar-refractivity contribution is 6.34. The van der Waals surface area contributed by atoms with Gasteiger partial charge in [0.15, 0.2) is 6.10 Å². The highest BCUT2D eigenvalue weighted by Crippen LogP contribution is 2.35. The monoisotopic (exact) mass is 441 g/mol.